The number of fused-ring (bicyclic) bond motifs is 1. The second-order valence-corrected chi connectivity index (χ2v) is 9.76. The first-order valence-electron chi connectivity index (χ1n) is 10.7. The number of hydrogen-bond donors (Lipinski definition) is 5. The quantitative estimate of drug-likeness (QED) is 0.244. The number of ether oxygens (including phenoxy) is 1. The van der Waals surface area contributed by atoms with Gasteiger partial charge in [0.2, 0.25) is 10.0 Å². The van der Waals surface area contributed by atoms with E-state index in [1.165, 1.54) is 12.1 Å². The summed E-state index contributed by atoms with van der Waals surface area (Å²) in [6.07, 6.45) is 0.438. The number of aromatic amines is 1. The molecule has 1 heterocycles. The number of hydrogen-bond acceptors (Lipinski definition) is 6. The number of aliphatic carboxylic acids is 1. The van der Waals surface area contributed by atoms with E-state index < -0.39 is 27.9 Å². The van der Waals surface area contributed by atoms with E-state index in [0.717, 1.165) is 34.5 Å². The molecule has 3 aromatic rings. The third kappa shape index (κ3) is 6.92. The van der Waals surface area contributed by atoms with E-state index in [1.807, 2.05) is 25.1 Å². The highest BCUT2D eigenvalue weighted by Crippen LogP contribution is 2.26. The van der Waals surface area contributed by atoms with Gasteiger partial charge in [-0.25, -0.2) is 12.8 Å². The predicted octanol–water partition coefficient (Wildman–Crippen LogP) is 2.71. The molecule has 0 aliphatic rings. The lowest BCUT2D eigenvalue weighted by Gasteiger charge is -2.14. The zero-order valence-electron chi connectivity index (χ0n) is 18.9. The first-order valence-corrected chi connectivity index (χ1v) is 12.5. The molecule has 0 saturated carbocycles. The lowest BCUT2D eigenvalue weighted by Crippen LogP contribution is -2.26. The van der Waals surface area contributed by atoms with Crippen LogP contribution >= 0.6 is 0 Å². The van der Waals surface area contributed by atoms with Crippen LogP contribution in [0.15, 0.2) is 36.4 Å². The van der Waals surface area contributed by atoms with Gasteiger partial charge in [-0.2, -0.15) is 0 Å². The van der Waals surface area contributed by atoms with Gasteiger partial charge < -0.3 is 25.3 Å². The summed E-state index contributed by atoms with van der Waals surface area (Å²) < 4.78 is 44.3. The van der Waals surface area contributed by atoms with E-state index in [4.69, 9.17) is 9.84 Å². The average molecular weight is 494 g/mol. The van der Waals surface area contributed by atoms with Crippen LogP contribution in [-0.4, -0.2) is 55.5 Å². The molecule has 0 saturated heterocycles. The SMILES string of the molecule is Cc1c(CCC(=O)O)[nH]c2cc(OCCNC[C@H](O)c3ccc(F)c(NS(C)(=O)=O)c3)ccc12. The summed E-state index contributed by atoms with van der Waals surface area (Å²) in [4.78, 5) is 14.1. The molecule has 2 aromatic carbocycles. The predicted molar refractivity (Wildman–Crippen MR) is 127 cm³/mol. The molecule has 9 nitrogen and oxygen atoms in total. The topological polar surface area (TPSA) is 141 Å². The molecule has 1 atom stereocenters. The fourth-order valence-electron chi connectivity index (χ4n) is 3.57. The molecule has 0 unspecified atom stereocenters. The van der Waals surface area contributed by atoms with Crippen molar-refractivity contribution in [1.82, 2.24) is 10.3 Å². The summed E-state index contributed by atoms with van der Waals surface area (Å²) in [5.74, 6) is -0.924. The molecule has 184 valence electrons. The van der Waals surface area contributed by atoms with E-state index in [0.29, 0.717) is 30.9 Å². The van der Waals surface area contributed by atoms with Crippen LogP contribution < -0.4 is 14.8 Å². The van der Waals surface area contributed by atoms with E-state index >= 15 is 0 Å². The minimum Gasteiger partial charge on any atom is -0.492 e. The third-order valence-electron chi connectivity index (χ3n) is 5.28. The van der Waals surface area contributed by atoms with Crippen molar-refractivity contribution in [1.29, 1.82) is 0 Å². The number of H-pyrrole nitrogens is 1. The zero-order valence-corrected chi connectivity index (χ0v) is 19.7. The molecule has 5 N–H and O–H groups in total. The summed E-state index contributed by atoms with van der Waals surface area (Å²) in [5, 5.41) is 23.3. The number of nitrogens with one attached hydrogen (secondary N) is 3. The van der Waals surface area contributed by atoms with E-state index in [9.17, 15) is 22.7 Å². The number of rotatable bonds is 12. The molecular formula is C23H28FN3O6S. The van der Waals surface area contributed by atoms with E-state index in [2.05, 4.69) is 15.0 Å². The number of carboxylic acid groups (broad SMARTS) is 1. The van der Waals surface area contributed by atoms with Crippen molar-refractivity contribution < 1.29 is 32.6 Å². The molecule has 0 spiro atoms. The maximum Gasteiger partial charge on any atom is 0.303 e. The number of aryl methyl sites for hydroxylation is 2. The summed E-state index contributed by atoms with van der Waals surface area (Å²) in [6.45, 7) is 2.87. The summed E-state index contributed by atoms with van der Waals surface area (Å²) in [6, 6.07) is 9.38. The van der Waals surface area contributed by atoms with Gasteiger partial charge in [0.05, 0.1) is 24.5 Å². The number of sulfonamides is 1. The van der Waals surface area contributed by atoms with Crippen LogP contribution in [0.25, 0.3) is 10.9 Å². The number of anilines is 1. The van der Waals surface area contributed by atoms with Gasteiger partial charge in [-0.05, 0) is 48.7 Å². The number of benzene rings is 2. The smallest absolute Gasteiger partial charge is 0.303 e. The standard InChI is InChI=1S/C23H28FN3O6S/c1-14-17-5-4-16(12-20(17)26-19(14)7-8-23(29)30)33-10-9-25-13-22(28)15-3-6-18(24)21(11-15)27-34(2,31)32/h3-6,11-12,22,25-28H,7-10,13H2,1-2H3,(H,29,30)/t22-/m0/s1. The van der Waals surface area contributed by atoms with Crippen molar-refractivity contribution in [2.75, 3.05) is 30.7 Å². The molecule has 0 amide bonds. The van der Waals surface area contributed by atoms with Crippen LogP contribution in [0.4, 0.5) is 10.1 Å². The van der Waals surface area contributed by atoms with Gasteiger partial charge in [0, 0.05) is 35.8 Å². The molecule has 0 bridgehead atoms. The highest BCUT2D eigenvalue weighted by Gasteiger charge is 2.13. The van der Waals surface area contributed by atoms with Crippen LogP contribution in [0.2, 0.25) is 0 Å². The monoisotopic (exact) mass is 493 g/mol. The Labute approximate surface area is 197 Å². The molecule has 0 aliphatic heterocycles. The van der Waals surface area contributed by atoms with Crippen LogP contribution in [0.1, 0.15) is 29.3 Å². The number of halogens is 1. The fourth-order valence-corrected chi connectivity index (χ4v) is 4.13. The Morgan fingerprint density at radius 1 is 1.24 bits per heavy atom. The Hall–Kier alpha value is -3.15. The second-order valence-electron chi connectivity index (χ2n) is 8.01. The zero-order chi connectivity index (χ0) is 24.9. The molecule has 34 heavy (non-hydrogen) atoms. The number of aliphatic hydroxyl groups is 1. The Kier molecular flexibility index (Phi) is 8.13. The van der Waals surface area contributed by atoms with Crippen LogP contribution in [0.3, 0.4) is 0 Å². The number of aromatic nitrogens is 1. The molecule has 0 fully saturated rings. The van der Waals surface area contributed by atoms with Crippen molar-refractivity contribution >= 4 is 32.6 Å². The van der Waals surface area contributed by atoms with E-state index in [-0.39, 0.29) is 18.7 Å². The van der Waals surface area contributed by atoms with Crippen molar-refractivity contribution in [3.63, 3.8) is 0 Å². The highest BCUT2D eigenvalue weighted by atomic mass is 32.2. The first-order chi connectivity index (χ1) is 16.0. The molecule has 0 aliphatic carbocycles. The minimum absolute atomic E-state index is 0.0575. The Morgan fingerprint density at radius 3 is 2.71 bits per heavy atom. The Morgan fingerprint density at radius 2 is 2.00 bits per heavy atom. The Balaban J connectivity index is 1.50. The largest absolute Gasteiger partial charge is 0.492 e. The maximum absolute atomic E-state index is 13.8. The second kappa shape index (κ2) is 10.9. The number of carbonyl (C=O) groups is 1. The minimum atomic E-state index is -3.64. The fraction of sp³-hybridized carbons (Fsp3) is 0.348. The van der Waals surface area contributed by atoms with Gasteiger partial charge in [-0.1, -0.05) is 6.07 Å². The highest BCUT2D eigenvalue weighted by molar-refractivity contribution is 7.92. The van der Waals surface area contributed by atoms with Crippen molar-refractivity contribution in [3.05, 3.63) is 59.0 Å². The van der Waals surface area contributed by atoms with Gasteiger partial charge >= 0.3 is 5.97 Å². The lowest BCUT2D eigenvalue weighted by atomic mass is 10.1. The van der Waals surface area contributed by atoms with Gasteiger partial charge in [-0.15, -0.1) is 0 Å². The summed E-state index contributed by atoms with van der Waals surface area (Å²) in [5.41, 5.74) is 2.93. The first kappa shape index (κ1) is 25.5. The average Bonchev–Trinajstić information content (AvgIpc) is 3.07. The molecule has 3 rings (SSSR count). The Bertz CT molecular complexity index is 1280. The van der Waals surface area contributed by atoms with Gasteiger partial charge in [0.15, 0.2) is 0 Å². The normalized spacial score (nSPS) is 12.6. The van der Waals surface area contributed by atoms with Crippen molar-refractivity contribution in [3.8, 4) is 5.75 Å². The number of aliphatic hydroxyl groups excluding tert-OH is 1. The summed E-state index contributed by atoms with van der Waals surface area (Å²) >= 11 is 0. The van der Waals surface area contributed by atoms with Crippen LogP contribution in [0, 0.1) is 12.7 Å². The van der Waals surface area contributed by atoms with Gasteiger partial charge in [0.1, 0.15) is 18.2 Å². The molecule has 1 aromatic heterocycles. The van der Waals surface area contributed by atoms with E-state index in [1.54, 1.807) is 0 Å². The molecule has 0 radical (unpaired) electrons. The maximum atomic E-state index is 13.8. The summed E-state index contributed by atoms with van der Waals surface area (Å²) in [7, 11) is -3.64. The van der Waals surface area contributed by atoms with Crippen LogP contribution in [0.5, 0.6) is 5.75 Å². The number of carboxylic acids is 1. The third-order valence-corrected chi connectivity index (χ3v) is 5.87. The molecular weight excluding hydrogens is 465 g/mol. The lowest BCUT2D eigenvalue weighted by molar-refractivity contribution is -0.136. The molecule has 11 heteroatoms. The van der Waals surface area contributed by atoms with Crippen LogP contribution in [-0.2, 0) is 21.2 Å². The van der Waals surface area contributed by atoms with Crippen molar-refractivity contribution in [2.45, 2.75) is 25.9 Å². The van der Waals surface area contributed by atoms with Gasteiger partial charge in [-0.3, -0.25) is 9.52 Å². The van der Waals surface area contributed by atoms with Crippen molar-refractivity contribution in [2.24, 2.45) is 0 Å². The van der Waals surface area contributed by atoms with Gasteiger partial charge in [0.25, 0.3) is 0 Å².